The van der Waals surface area contributed by atoms with E-state index in [0.29, 0.717) is 0 Å². The van der Waals surface area contributed by atoms with E-state index in [0.717, 1.165) is 12.2 Å². The van der Waals surface area contributed by atoms with Gasteiger partial charge in [-0.05, 0) is 0 Å². The molecule has 0 radical (unpaired) electrons. The quantitative estimate of drug-likeness (QED) is 0.662. The molecule has 0 amide bonds. The number of hydrogen-bond donors (Lipinski definition) is 0. The van der Waals surface area contributed by atoms with Gasteiger partial charge in [0.2, 0.25) is 0 Å². The normalized spacial score (nSPS) is 10.7. The van der Waals surface area contributed by atoms with Crippen molar-refractivity contribution in [3.63, 3.8) is 0 Å². The molecule has 58 valence electrons. The molecule has 0 atom stereocenters. The predicted octanol–water partition coefficient (Wildman–Crippen LogP) is -0.241. The summed E-state index contributed by atoms with van der Waals surface area (Å²) in [5.41, 5.74) is 1.31. The van der Waals surface area contributed by atoms with Gasteiger partial charge in [-0.25, -0.2) is 0 Å². The van der Waals surface area contributed by atoms with Gasteiger partial charge in [0.1, 0.15) is 0 Å². The molecule has 3 heteroatoms. The van der Waals surface area contributed by atoms with E-state index in [1.54, 1.807) is 0 Å². The van der Waals surface area contributed by atoms with E-state index >= 15 is 0 Å². The Balaban J connectivity index is 2.92. The summed E-state index contributed by atoms with van der Waals surface area (Å²) in [5.74, 6) is 1.16. The van der Waals surface area contributed by atoms with Crippen LogP contribution in [0.2, 0.25) is 0 Å². The van der Waals surface area contributed by atoms with Crippen molar-refractivity contribution >= 4 is 18.6 Å². The van der Waals surface area contributed by atoms with E-state index in [4.69, 9.17) is 4.42 Å². The molecule has 0 saturated heterocycles. The van der Waals surface area contributed by atoms with Gasteiger partial charge in [-0.3, -0.25) is 0 Å². The molecule has 1 rings (SSSR count). The minimum atomic E-state index is 0.111. The second-order valence-corrected chi connectivity index (χ2v) is 6.29. The van der Waals surface area contributed by atoms with Crippen LogP contribution in [0.15, 0.2) is 10.5 Å². The van der Waals surface area contributed by atoms with Crippen molar-refractivity contribution in [2.45, 2.75) is 20.3 Å². The maximum absolute atomic E-state index is 5.55. The Kier molecular flexibility index (Phi) is 3.48. The average Bonchev–Trinajstić information content (AvgIpc) is 2.30. The minimum absolute atomic E-state index is 0.111. The van der Waals surface area contributed by atoms with Gasteiger partial charge in [0.25, 0.3) is 0 Å². The third-order valence-corrected chi connectivity index (χ3v) is 5.01. The van der Waals surface area contributed by atoms with E-state index in [1.807, 2.05) is 0 Å². The molecule has 10 heavy (non-hydrogen) atoms. The van der Waals surface area contributed by atoms with Crippen LogP contribution in [0.3, 0.4) is 0 Å². The second kappa shape index (κ2) is 3.94. The first-order valence-corrected chi connectivity index (χ1v) is 10.5. The van der Waals surface area contributed by atoms with E-state index in [-0.39, 0.29) is 17.2 Å². The first-order valence-electron chi connectivity index (χ1n) is 3.13. The number of aryl methyl sites for hydroxylation is 2. The van der Waals surface area contributed by atoms with Crippen molar-refractivity contribution in [3.05, 3.63) is 21.2 Å². The number of furan rings is 1. The monoisotopic (exact) mass is 363 g/mol. The molecule has 0 aliphatic heterocycles. The molecule has 0 fully saturated rings. The molecule has 1 nitrogen and oxygen atoms in total. The molecule has 1 aromatic heterocycles. The van der Waals surface area contributed by atoms with Crippen LogP contribution >= 0.6 is 18.6 Å². The zero-order valence-electron chi connectivity index (χ0n) is 5.95. The van der Waals surface area contributed by atoms with Crippen LogP contribution < -0.4 is 17.2 Å². The molecule has 0 aliphatic rings. The van der Waals surface area contributed by atoms with Crippen molar-refractivity contribution in [3.8, 4) is 0 Å². The zero-order chi connectivity index (χ0) is 7.56. The fraction of sp³-hybridized carbons (Fsp3) is 0.429. The Labute approximate surface area is 81.0 Å². The fourth-order valence-corrected chi connectivity index (χ4v) is 3.15. The van der Waals surface area contributed by atoms with Crippen LogP contribution in [0.1, 0.15) is 18.2 Å². The first kappa shape index (κ1) is 8.83. The predicted molar refractivity (Wildman–Crippen MR) is 45.5 cm³/mol. The third-order valence-electron chi connectivity index (χ3n) is 1.38. The van der Waals surface area contributed by atoms with Crippen molar-refractivity contribution in [2.24, 2.45) is 0 Å². The maximum atomic E-state index is 5.55. The van der Waals surface area contributed by atoms with Gasteiger partial charge in [-0.15, -0.1) is 0 Å². The summed E-state index contributed by atoms with van der Waals surface area (Å²) in [7, 11) is 0. The van der Waals surface area contributed by atoms with E-state index in [9.17, 15) is 0 Å². The molecule has 0 spiro atoms. The summed E-state index contributed by atoms with van der Waals surface area (Å²) >= 11 is 2.53. The van der Waals surface area contributed by atoms with Crippen LogP contribution in [0.4, 0.5) is 0 Å². The molecule has 0 unspecified atom stereocenters. The molecule has 0 saturated carbocycles. The Bertz CT molecular complexity index is 217. The summed E-state index contributed by atoms with van der Waals surface area (Å²) in [6.45, 7) is 4.24. The van der Waals surface area contributed by atoms with Crippen molar-refractivity contribution in [1.82, 2.24) is 0 Å². The van der Waals surface area contributed by atoms with Gasteiger partial charge < -0.3 is 0 Å². The molecule has 1 aromatic rings. The third kappa shape index (κ3) is 1.87. The number of halogens is 2. The van der Waals surface area contributed by atoms with Gasteiger partial charge in [0, 0.05) is 0 Å². The molecular formula is C7H9I2O-. The Morgan fingerprint density at radius 2 is 2.40 bits per heavy atom. The van der Waals surface area contributed by atoms with Gasteiger partial charge in [-0.2, -0.15) is 0 Å². The second-order valence-electron chi connectivity index (χ2n) is 2.08. The number of hydrogen-bond acceptors (Lipinski definition) is 1. The van der Waals surface area contributed by atoms with Crippen molar-refractivity contribution in [1.29, 1.82) is 0 Å². The average molecular weight is 363 g/mol. The van der Waals surface area contributed by atoms with Gasteiger partial charge in [0.15, 0.2) is 0 Å². The molecular weight excluding hydrogens is 354 g/mol. The summed E-state index contributed by atoms with van der Waals surface area (Å²) in [5, 5.41) is 0. The summed E-state index contributed by atoms with van der Waals surface area (Å²) < 4.78 is 6.76. The van der Waals surface area contributed by atoms with Crippen LogP contribution in [0.25, 0.3) is 0 Å². The van der Waals surface area contributed by atoms with E-state index in [1.165, 1.54) is 9.33 Å². The summed E-state index contributed by atoms with van der Waals surface area (Å²) in [6, 6.07) is 2.17. The molecule has 0 aromatic carbocycles. The summed E-state index contributed by atoms with van der Waals surface area (Å²) in [6.07, 6.45) is 1.02. The van der Waals surface area contributed by atoms with Crippen LogP contribution in [-0.4, -0.2) is 0 Å². The van der Waals surface area contributed by atoms with Gasteiger partial charge in [-0.1, -0.05) is 0 Å². The Hall–Kier alpha value is 0.740. The molecule has 1 heterocycles. The van der Waals surface area contributed by atoms with E-state index in [2.05, 4.69) is 38.5 Å². The molecule has 0 bridgehead atoms. The molecule has 0 N–H and O–H groups in total. The zero-order valence-corrected chi connectivity index (χ0v) is 10.3. The van der Waals surface area contributed by atoms with Crippen LogP contribution in [0, 0.1) is 10.7 Å². The van der Waals surface area contributed by atoms with Gasteiger partial charge in [0.05, 0.1) is 0 Å². The summed E-state index contributed by atoms with van der Waals surface area (Å²) in [4.78, 5) is 0. The molecule has 0 aliphatic carbocycles. The topological polar surface area (TPSA) is 13.1 Å². The van der Waals surface area contributed by atoms with Crippen LogP contribution in [0.5, 0.6) is 0 Å². The van der Waals surface area contributed by atoms with Gasteiger partial charge >= 0.3 is 81.7 Å². The Morgan fingerprint density at radius 3 is 2.70 bits per heavy atom. The standard InChI is InChI=1S/C7H9I2O/c1-3-6-5(2)4-7(9-8)10-6/h4H,3H2,1-2H3/q-1. The SMILES string of the molecule is CCc1oc([I-]I)cc1C. The first-order chi connectivity index (χ1) is 4.77. The number of rotatable bonds is 2. The fourth-order valence-electron chi connectivity index (χ4n) is 0.865. The Morgan fingerprint density at radius 1 is 1.70 bits per heavy atom. The van der Waals surface area contributed by atoms with Crippen LogP contribution in [-0.2, 0) is 6.42 Å². The van der Waals surface area contributed by atoms with E-state index < -0.39 is 0 Å². The van der Waals surface area contributed by atoms with Crippen molar-refractivity contribution < 1.29 is 21.6 Å². The van der Waals surface area contributed by atoms with Crippen molar-refractivity contribution in [2.75, 3.05) is 0 Å².